The molecule has 0 aliphatic carbocycles. The van der Waals surface area contributed by atoms with Gasteiger partial charge in [0.2, 0.25) is 5.79 Å². The molecule has 0 amide bonds. The van der Waals surface area contributed by atoms with Crippen LogP contribution in [-0.2, 0) is 14.3 Å². The monoisotopic (exact) mass is 408 g/mol. The summed E-state index contributed by atoms with van der Waals surface area (Å²) in [6.07, 6.45) is 1.14. The molecule has 3 aromatic heterocycles. The minimum atomic E-state index is -0.909. The molecular weight excluding hydrogens is 388 g/mol. The van der Waals surface area contributed by atoms with Crippen molar-refractivity contribution in [3.05, 3.63) is 47.8 Å². The van der Waals surface area contributed by atoms with Crippen molar-refractivity contribution in [3.8, 4) is 10.4 Å². The third kappa shape index (κ3) is 2.87. The maximum atomic E-state index is 12.2. The van der Waals surface area contributed by atoms with E-state index in [1.807, 2.05) is 44.4 Å². The lowest BCUT2D eigenvalue weighted by Gasteiger charge is -2.15. The molecule has 7 nitrogen and oxygen atoms in total. The van der Waals surface area contributed by atoms with E-state index < -0.39 is 11.9 Å². The molecule has 1 N–H and O–H groups in total. The molecule has 148 valence electrons. The molecule has 1 fully saturated rings. The standard InChI is InChI=1S/C21H20N4O3S/c1-11-10-23-18-17(22-4)24-14-9-15(29-19(14)25(11)18)12-6-5-7-13(8-12)16-20(26)28-21(2,3)27-16/h5-10,16H,1-4H3,(H,22,24). The number of nitrogens with one attached hydrogen (secondary N) is 1. The molecule has 8 heteroatoms. The lowest BCUT2D eigenvalue weighted by Crippen LogP contribution is -2.20. The van der Waals surface area contributed by atoms with Crippen LogP contribution in [0.25, 0.3) is 26.4 Å². The van der Waals surface area contributed by atoms with E-state index in [1.165, 1.54) is 0 Å². The average molecular weight is 408 g/mol. The van der Waals surface area contributed by atoms with Gasteiger partial charge in [-0.1, -0.05) is 18.2 Å². The van der Waals surface area contributed by atoms with Crippen LogP contribution in [-0.4, -0.2) is 33.2 Å². The lowest BCUT2D eigenvalue weighted by atomic mass is 10.1. The number of carbonyl (C=O) groups excluding carboxylic acids is 1. The Hall–Kier alpha value is -2.97. The van der Waals surface area contributed by atoms with Crippen molar-refractivity contribution in [1.82, 2.24) is 14.4 Å². The van der Waals surface area contributed by atoms with Gasteiger partial charge in [0.15, 0.2) is 17.6 Å². The summed E-state index contributed by atoms with van der Waals surface area (Å²) < 4.78 is 13.2. The van der Waals surface area contributed by atoms with E-state index in [4.69, 9.17) is 14.5 Å². The van der Waals surface area contributed by atoms with Crippen LogP contribution in [0, 0.1) is 6.92 Å². The summed E-state index contributed by atoms with van der Waals surface area (Å²) in [4.78, 5) is 23.5. The topological polar surface area (TPSA) is 77.8 Å². The van der Waals surface area contributed by atoms with Gasteiger partial charge in [-0.25, -0.2) is 14.8 Å². The van der Waals surface area contributed by atoms with Crippen LogP contribution >= 0.6 is 11.3 Å². The van der Waals surface area contributed by atoms with Crippen molar-refractivity contribution in [3.63, 3.8) is 0 Å². The number of carbonyl (C=O) groups is 1. The molecule has 0 spiro atoms. The second kappa shape index (κ2) is 6.27. The minimum absolute atomic E-state index is 0.362. The highest BCUT2D eigenvalue weighted by Gasteiger charge is 2.41. The van der Waals surface area contributed by atoms with Gasteiger partial charge in [0.25, 0.3) is 0 Å². The minimum Gasteiger partial charge on any atom is -0.431 e. The second-order valence-corrected chi connectivity index (χ2v) is 8.54. The van der Waals surface area contributed by atoms with E-state index in [0.29, 0.717) is 0 Å². The summed E-state index contributed by atoms with van der Waals surface area (Å²) in [5.74, 6) is -0.527. The molecule has 0 bridgehead atoms. The highest BCUT2D eigenvalue weighted by atomic mass is 32.1. The average Bonchev–Trinajstić information content (AvgIpc) is 3.35. The van der Waals surface area contributed by atoms with Crippen molar-refractivity contribution in [2.75, 3.05) is 12.4 Å². The first-order chi connectivity index (χ1) is 13.9. The third-order valence-electron chi connectivity index (χ3n) is 4.95. The van der Waals surface area contributed by atoms with Gasteiger partial charge >= 0.3 is 5.97 Å². The number of cyclic esters (lactones) is 1. The number of rotatable bonds is 3. The fourth-order valence-electron chi connectivity index (χ4n) is 3.66. The van der Waals surface area contributed by atoms with E-state index in [0.717, 1.165) is 43.5 Å². The number of ether oxygens (including phenoxy) is 2. The van der Waals surface area contributed by atoms with E-state index in [1.54, 1.807) is 25.2 Å². The molecule has 29 heavy (non-hydrogen) atoms. The molecule has 0 saturated carbocycles. The third-order valence-corrected chi connectivity index (χ3v) is 6.11. The first kappa shape index (κ1) is 18.1. The number of hydrogen-bond acceptors (Lipinski definition) is 7. The van der Waals surface area contributed by atoms with Crippen LogP contribution in [0.2, 0.25) is 0 Å². The van der Waals surface area contributed by atoms with E-state index in [-0.39, 0.29) is 5.97 Å². The second-order valence-electron chi connectivity index (χ2n) is 7.51. The van der Waals surface area contributed by atoms with Gasteiger partial charge in [0.1, 0.15) is 10.3 Å². The fraction of sp³-hybridized carbons (Fsp3) is 0.286. The van der Waals surface area contributed by atoms with Crippen LogP contribution in [0.3, 0.4) is 0 Å². The van der Waals surface area contributed by atoms with E-state index in [2.05, 4.69) is 20.8 Å². The molecule has 4 heterocycles. The Morgan fingerprint density at radius 2 is 2.10 bits per heavy atom. The first-order valence-corrected chi connectivity index (χ1v) is 10.1. The quantitative estimate of drug-likeness (QED) is 0.509. The maximum Gasteiger partial charge on any atom is 0.342 e. The zero-order valence-corrected chi connectivity index (χ0v) is 17.3. The number of anilines is 1. The largest absolute Gasteiger partial charge is 0.431 e. The van der Waals surface area contributed by atoms with Gasteiger partial charge in [-0.15, -0.1) is 11.3 Å². The Kier molecular flexibility index (Phi) is 3.91. The molecule has 1 saturated heterocycles. The Bertz CT molecular complexity index is 1270. The van der Waals surface area contributed by atoms with Crippen molar-refractivity contribution in [1.29, 1.82) is 0 Å². The highest BCUT2D eigenvalue weighted by Crippen LogP contribution is 2.38. The van der Waals surface area contributed by atoms with Crippen LogP contribution in [0.5, 0.6) is 0 Å². The normalized spacial score (nSPS) is 18.5. The molecule has 1 aliphatic rings. The first-order valence-electron chi connectivity index (χ1n) is 9.33. The predicted molar refractivity (Wildman–Crippen MR) is 112 cm³/mol. The zero-order valence-electron chi connectivity index (χ0n) is 16.5. The summed E-state index contributed by atoms with van der Waals surface area (Å²) in [7, 11) is 1.84. The van der Waals surface area contributed by atoms with Crippen molar-refractivity contribution in [2.45, 2.75) is 32.7 Å². The number of fused-ring (bicyclic) bond motifs is 3. The van der Waals surface area contributed by atoms with Gasteiger partial charge < -0.3 is 14.8 Å². The summed E-state index contributed by atoms with van der Waals surface area (Å²) >= 11 is 1.65. The van der Waals surface area contributed by atoms with Gasteiger partial charge in [-0.3, -0.25) is 4.40 Å². The lowest BCUT2D eigenvalue weighted by molar-refractivity contribution is -0.160. The van der Waals surface area contributed by atoms with Crippen LogP contribution < -0.4 is 5.32 Å². The SMILES string of the molecule is CNc1nc2cc(-c3cccc(C4OC(C)(C)OC4=O)c3)sc2n2c(C)cnc12. The Morgan fingerprint density at radius 3 is 2.83 bits per heavy atom. The maximum absolute atomic E-state index is 12.2. The van der Waals surface area contributed by atoms with Gasteiger partial charge in [-0.05, 0) is 30.2 Å². The zero-order chi connectivity index (χ0) is 20.3. The Morgan fingerprint density at radius 1 is 1.28 bits per heavy atom. The number of nitrogens with zero attached hydrogens (tertiary/aromatic N) is 3. The molecule has 1 aromatic carbocycles. The van der Waals surface area contributed by atoms with Crippen molar-refractivity contribution in [2.24, 2.45) is 0 Å². The number of benzene rings is 1. The number of imidazole rings is 1. The number of aromatic nitrogens is 3. The van der Waals surface area contributed by atoms with Gasteiger partial charge in [-0.2, -0.15) is 0 Å². The van der Waals surface area contributed by atoms with Crippen molar-refractivity contribution < 1.29 is 14.3 Å². The number of thiophene rings is 1. The predicted octanol–water partition coefficient (Wildman–Crippen LogP) is 4.31. The molecular formula is C21H20N4O3S. The smallest absolute Gasteiger partial charge is 0.342 e. The summed E-state index contributed by atoms with van der Waals surface area (Å²) in [6, 6.07) is 9.89. The molecule has 0 radical (unpaired) electrons. The Labute approximate surface area is 171 Å². The van der Waals surface area contributed by atoms with Crippen LogP contribution in [0.15, 0.2) is 36.5 Å². The van der Waals surface area contributed by atoms with Gasteiger partial charge in [0.05, 0.1) is 0 Å². The number of esters is 1. The number of aryl methyl sites for hydroxylation is 1. The molecule has 1 unspecified atom stereocenters. The van der Waals surface area contributed by atoms with Crippen LogP contribution in [0.4, 0.5) is 5.82 Å². The molecule has 1 atom stereocenters. The van der Waals surface area contributed by atoms with Crippen molar-refractivity contribution >= 4 is 39.1 Å². The van der Waals surface area contributed by atoms with Gasteiger partial charge in [0, 0.05) is 37.7 Å². The number of hydrogen-bond donors (Lipinski definition) is 1. The van der Waals surface area contributed by atoms with E-state index >= 15 is 0 Å². The summed E-state index contributed by atoms with van der Waals surface area (Å²) in [6.45, 7) is 5.51. The van der Waals surface area contributed by atoms with Crippen LogP contribution in [0.1, 0.15) is 31.2 Å². The molecule has 4 aromatic rings. The fourth-order valence-corrected chi connectivity index (χ4v) is 4.82. The van der Waals surface area contributed by atoms with E-state index in [9.17, 15) is 4.79 Å². The summed E-state index contributed by atoms with van der Waals surface area (Å²) in [5.41, 5.74) is 4.54. The molecule has 1 aliphatic heterocycles. The molecule has 5 rings (SSSR count). The summed E-state index contributed by atoms with van der Waals surface area (Å²) in [5, 5.41) is 3.13. The highest BCUT2D eigenvalue weighted by molar-refractivity contribution is 7.21. The Balaban J connectivity index is 1.63.